The number of nitrogens with zero attached hydrogens (tertiary/aromatic N) is 2. The van der Waals surface area contributed by atoms with Crippen LogP contribution in [-0.2, 0) is 16.2 Å². The maximum absolute atomic E-state index is 12.8. The lowest BCUT2D eigenvalue weighted by atomic mass is 10.0. The highest BCUT2D eigenvalue weighted by molar-refractivity contribution is 7.92. The zero-order valence-electron chi connectivity index (χ0n) is 12.9. The molecule has 0 aliphatic rings. The van der Waals surface area contributed by atoms with Gasteiger partial charge < -0.3 is 0 Å². The second-order valence-corrected chi connectivity index (χ2v) is 7.17. The third-order valence-corrected chi connectivity index (χ3v) is 3.94. The van der Waals surface area contributed by atoms with Crippen LogP contribution in [-0.4, -0.2) is 24.6 Å². The van der Waals surface area contributed by atoms with Crippen LogP contribution in [0.1, 0.15) is 5.56 Å². The summed E-state index contributed by atoms with van der Waals surface area (Å²) in [5.41, 5.74) is 0.423. The highest BCUT2D eigenvalue weighted by Gasteiger charge is 2.30. The minimum absolute atomic E-state index is 0.120. The van der Waals surface area contributed by atoms with E-state index in [9.17, 15) is 21.6 Å². The Bertz CT molecular complexity index is 1050. The average Bonchev–Trinajstić information content (AvgIpc) is 2.52. The maximum atomic E-state index is 12.8. The molecule has 0 atom stereocenters. The second kappa shape index (κ2) is 5.99. The lowest BCUT2D eigenvalue weighted by Crippen LogP contribution is -2.10. The Labute approximate surface area is 141 Å². The zero-order chi connectivity index (χ0) is 18.2. The Balaban J connectivity index is 2.01. The topological polar surface area (TPSA) is 72.0 Å². The first-order valence-electron chi connectivity index (χ1n) is 7.04. The van der Waals surface area contributed by atoms with Crippen LogP contribution in [0, 0.1) is 0 Å². The fraction of sp³-hybridized carbons (Fsp3) is 0.125. The van der Waals surface area contributed by atoms with E-state index in [-0.39, 0.29) is 11.5 Å². The van der Waals surface area contributed by atoms with Crippen LogP contribution in [0.5, 0.6) is 0 Å². The average molecular weight is 367 g/mol. The third kappa shape index (κ3) is 4.05. The highest BCUT2D eigenvalue weighted by atomic mass is 32.2. The molecule has 0 aliphatic carbocycles. The van der Waals surface area contributed by atoms with Gasteiger partial charge in [-0.2, -0.15) is 13.2 Å². The number of nitrogens with one attached hydrogen (secondary N) is 1. The van der Waals surface area contributed by atoms with E-state index in [0.717, 1.165) is 18.4 Å². The van der Waals surface area contributed by atoms with Gasteiger partial charge in [-0.15, -0.1) is 0 Å². The number of fused-ring (bicyclic) bond motifs is 1. The lowest BCUT2D eigenvalue weighted by Gasteiger charge is -2.09. The number of pyridine rings is 2. The van der Waals surface area contributed by atoms with E-state index in [0.29, 0.717) is 16.5 Å². The number of halogens is 3. The molecule has 0 amide bonds. The van der Waals surface area contributed by atoms with Crippen molar-refractivity contribution in [1.29, 1.82) is 0 Å². The lowest BCUT2D eigenvalue weighted by molar-refractivity contribution is -0.137. The molecule has 0 fully saturated rings. The minimum atomic E-state index is -4.42. The fourth-order valence-corrected chi connectivity index (χ4v) is 2.78. The second-order valence-electron chi connectivity index (χ2n) is 5.42. The predicted octanol–water partition coefficient (Wildman–Crippen LogP) is 3.69. The number of aromatic nitrogens is 2. The molecule has 2 heterocycles. The van der Waals surface area contributed by atoms with Crippen LogP contribution in [0.15, 0.2) is 48.7 Å². The molecule has 3 rings (SSSR count). The van der Waals surface area contributed by atoms with Gasteiger partial charge in [0.05, 0.1) is 11.8 Å². The van der Waals surface area contributed by atoms with Crippen LogP contribution < -0.4 is 4.72 Å². The van der Waals surface area contributed by atoms with Crippen LogP contribution in [0.4, 0.5) is 19.0 Å². The van der Waals surface area contributed by atoms with Gasteiger partial charge in [0.1, 0.15) is 5.82 Å². The van der Waals surface area contributed by atoms with E-state index >= 15 is 0 Å². The van der Waals surface area contributed by atoms with Crippen molar-refractivity contribution in [3.05, 3.63) is 54.2 Å². The van der Waals surface area contributed by atoms with Crippen molar-refractivity contribution >= 4 is 26.9 Å². The normalized spacial score (nSPS) is 12.3. The van der Waals surface area contributed by atoms with Crippen molar-refractivity contribution in [1.82, 2.24) is 9.97 Å². The molecular weight excluding hydrogens is 355 g/mol. The summed E-state index contributed by atoms with van der Waals surface area (Å²) in [6.07, 6.45) is -2.02. The van der Waals surface area contributed by atoms with E-state index in [1.54, 1.807) is 18.2 Å². The first-order valence-corrected chi connectivity index (χ1v) is 8.93. The highest BCUT2D eigenvalue weighted by Crippen LogP contribution is 2.32. The summed E-state index contributed by atoms with van der Waals surface area (Å²) in [4.78, 5) is 8.18. The number of alkyl halides is 3. The summed E-state index contributed by atoms with van der Waals surface area (Å²) in [5, 5.41) is 0.578. The molecule has 9 heteroatoms. The molecule has 2 aromatic heterocycles. The Kier molecular flexibility index (Phi) is 4.11. The number of benzene rings is 1. The number of anilines is 1. The van der Waals surface area contributed by atoms with E-state index in [2.05, 4.69) is 14.7 Å². The molecule has 0 radical (unpaired) electrons. The molecule has 3 aromatic rings. The Morgan fingerprint density at radius 1 is 1.04 bits per heavy atom. The largest absolute Gasteiger partial charge is 0.416 e. The first-order chi connectivity index (χ1) is 11.6. The first kappa shape index (κ1) is 17.2. The van der Waals surface area contributed by atoms with Gasteiger partial charge in [-0.1, -0.05) is 12.1 Å². The van der Waals surface area contributed by atoms with Crippen LogP contribution >= 0.6 is 0 Å². The predicted molar refractivity (Wildman–Crippen MR) is 88.4 cm³/mol. The summed E-state index contributed by atoms with van der Waals surface area (Å²) in [5.74, 6) is 0.120. The molecule has 25 heavy (non-hydrogen) atoms. The van der Waals surface area contributed by atoms with Crippen molar-refractivity contribution < 1.29 is 21.6 Å². The molecule has 0 spiro atoms. The van der Waals surface area contributed by atoms with Crippen molar-refractivity contribution in [3.8, 4) is 11.1 Å². The smallest absolute Gasteiger partial charge is 0.268 e. The quantitative estimate of drug-likeness (QED) is 0.766. The van der Waals surface area contributed by atoms with Crippen molar-refractivity contribution in [2.75, 3.05) is 11.0 Å². The van der Waals surface area contributed by atoms with Gasteiger partial charge in [-0.3, -0.25) is 4.72 Å². The Morgan fingerprint density at radius 3 is 2.48 bits per heavy atom. The summed E-state index contributed by atoms with van der Waals surface area (Å²) >= 11 is 0. The van der Waals surface area contributed by atoms with Gasteiger partial charge in [-0.05, 0) is 35.9 Å². The van der Waals surface area contributed by atoms with E-state index in [4.69, 9.17) is 0 Å². The Morgan fingerprint density at radius 2 is 1.80 bits per heavy atom. The molecule has 0 unspecified atom stereocenters. The summed E-state index contributed by atoms with van der Waals surface area (Å²) in [7, 11) is -3.46. The summed E-state index contributed by atoms with van der Waals surface area (Å²) in [6.45, 7) is 0. The third-order valence-electron chi connectivity index (χ3n) is 3.36. The molecule has 1 N–H and O–H groups in total. The van der Waals surface area contributed by atoms with Crippen molar-refractivity contribution in [2.24, 2.45) is 0 Å². The van der Waals surface area contributed by atoms with Crippen LogP contribution in [0.2, 0.25) is 0 Å². The van der Waals surface area contributed by atoms with Gasteiger partial charge in [0.25, 0.3) is 0 Å². The molecule has 0 bridgehead atoms. The number of hydrogen-bond acceptors (Lipinski definition) is 4. The fourth-order valence-electron chi connectivity index (χ4n) is 2.29. The Hall–Kier alpha value is -2.68. The van der Waals surface area contributed by atoms with Crippen LogP contribution in [0.25, 0.3) is 22.2 Å². The van der Waals surface area contributed by atoms with Gasteiger partial charge in [0.15, 0.2) is 5.65 Å². The molecular formula is C16H12F3N3O2S. The molecule has 0 aliphatic heterocycles. The molecule has 5 nitrogen and oxygen atoms in total. The number of rotatable bonds is 3. The molecule has 0 saturated heterocycles. The standard InChI is InChI=1S/C16H12F3N3O2S/c1-25(23,24)22-14-6-5-11-7-12(9-20-15(11)21-14)10-3-2-4-13(8-10)16(17,18)19/h2-9H,1H3,(H,20,21,22). The number of sulfonamides is 1. The van der Waals surface area contributed by atoms with E-state index in [1.807, 2.05) is 0 Å². The minimum Gasteiger partial charge on any atom is -0.268 e. The van der Waals surface area contributed by atoms with E-state index in [1.165, 1.54) is 18.3 Å². The molecule has 1 aromatic carbocycles. The van der Waals surface area contributed by atoms with Crippen molar-refractivity contribution in [3.63, 3.8) is 0 Å². The summed E-state index contributed by atoms with van der Waals surface area (Å²) in [6, 6.07) is 9.65. The van der Waals surface area contributed by atoms with E-state index < -0.39 is 21.8 Å². The zero-order valence-corrected chi connectivity index (χ0v) is 13.7. The maximum Gasteiger partial charge on any atom is 0.416 e. The van der Waals surface area contributed by atoms with Gasteiger partial charge in [0, 0.05) is 17.1 Å². The van der Waals surface area contributed by atoms with Gasteiger partial charge in [-0.25, -0.2) is 18.4 Å². The monoisotopic (exact) mass is 367 g/mol. The van der Waals surface area contributed by atoms with Gasteiger partial charge >= 0.3 is 6.18 Å². The SMILES string of the molecule is CS(=O)(=O)Nc1ccc2cc(-c3cccc(C(F)(F)F)c3)cnc2n1. The molecule has 0 saturated carbocycles. The van der Waals surface area contributed by atoms with Crippen molar-refractivity contribution in [2.45, 2.75) is 6.18 Å². The van der Waals surface area contributed by atoms with Crippen LogP contribution in [0.3, 0.4) is 0 Å². The summed E-state index contributed by atoms with van der Waals surface area (Å²) < 4.78 is 63.2. The number of hydrogen-bond donors (Lipinski definition) is 1. The molecule has 130 valence electrons. The van der Waals surface area contributed by atoms with Gasteiger partial charge in [0.2, 0.25) is 10.0 Å².